The topological polar surface area (TPSA) is 43.3 Å². The van der Waals surface area contributed by atoms with Crippen molar-refractivity contribution in [2.45, 2.75) is 45.3 Å². The fourth-order valence-corrected chi connectivity index (χ4v) is 2.90. The number of benzene rings is 1. The summed E-state index contributed by atoms with van der Waals surface area (Å²) in [4.78, 5) is 12.4. The average Bonchev–Trinajstić information content (AvgIpc) is 3.03. The molecule has 0 amide bonds. The Morgan fingerprint density at radius 2 is 2.10 bits per heavy atom. The number of aromatic nitrogens is 1. The van der Waals surface area contributed by atoms with Gasteiger partial charge in [-0.25, -0.2) is 4.79 Å². The number of carbonyl (C=O) groups is 1. The van der Waals surface area contributed by atoms with Crippen molar-refractivity contribution < 1.29 is 9.53 Å². The number of nitrogens with one attached hydrogen (secondary N) is 1. The zero-order chi connectivity index (χ0) is 15.0. The zero-order valence-corrected chi connectivity index (χ0v) is 12.8. The Labute approximate surface area is 125 Å². The molecule has 1 aliphatic rings. The van der Waals surface area contributed by atoms with Crippen molar-refractivity contribution in [2.24, 2.45) is 0 Å². The number of ether oxygens (including phenoxy) is 1. The van der Waals surface area contributed by atoms with E-state index in [4.69, 9.17) is 4.74 Å². The van der Waals surface area contributed by atoms with Crippen LogP contribution in [0.2, 0.25) is 0 Å². The minimum Gasteiger partial charge on any atom is -0.443 e. The summed E-state index contributed by atoms with van der Waals surface area (Å²) >= 11 is 0. The Morgan fingerprint density at radius 3 is 2.76 bits per heavy atom. The fourth-order valence-electron chi connectivity index (χ4n) is 2.90. The molecule has 0 saturated carbocycles. The summed E-state index contributed by atoms with van der Waals surface area (Å²) in [6.45, 7) is 6.69. The first-order valence-electron chi connectivity index (χ1n) is 7.52. The summed E-state index contributed by atoms with van der Waals surface area (Å²) in [5, 5.41) is 4.63. The predicted octanol–water partition coefficient (Wildman–Crippen LogP) is 3.85. The number of fused-ring (bicyclic) bond motifs is 1. The highest BCUT2D eigenvalue weighted by molar-refractivity contribution is 5.92. The normalized spacial score (nSPS) is 19.1. The standard InChI is InChI=1S/C17H22N2O2/c1-17(2,3)21-16(20)19-11-13(14-8-6-10-18-14)12-7-4-5-9-15(12)19/h4-5,7,9,11,14,18H,6,8,10H2,1-3H3. The molecule has 1 aromatic carbocycles. The third-order valence-corrected chi connectivity index (χ3v) is 3.77. The van der Waals surface area contributed by atoms with Gasteiger partial charge in [-0.05, 0) is 51.8 Å². The van der Waals surface area contributed by atoms with Crippen LogP contribution >= 0.6 is 0 Å². The van der Waals surface area contributed by atoms with Crippen molar-refractivity contribution >= 4 is 17.0 Å². The van der Waals surface area contributed by atoms with Gasteiger partial charge in [-0.1, -0.05) is 18.2 Å². The molecule has 21 heavy (non-hydrogen) atoms. The zero-order valence-electron chi connectivity index (χ0n) is 12.8. The molecule has 112 valence electrons. The number of hydrogen-bond donors (Lipinski definition) is 1. The first kappa shape index (κ1) is 14.1. The average molecular weight is 286 g/mol. The van der Waals surface area contributed by atoms with E-state index < -0.39 is 5.60 Å². The molecule has 1 atom stereocenters. The molecule has 0 bridgehead atoms. The molecule has 2 heterocycles. The molecule has 0 spiro atoms. The molecule has 4 heteroatoms. The highest BCUT2D eigenvalue weighted by Crippen LogP contribution is 2.31. The Kier molecular flexibility index (Phi) is 3.49. The van der Waals surface area contributed by atoms with Gasteiger partial charge in [-0.3, -0.25) is 4.57 Å². The van der Waals surface area contributed by atoms with Gasteiger partial charge >= 0.3 is 6.09 Å². The monoisotopic (exact) mass is 286 g/mol. The van der Waals surface area contributed by atoms with Gasteiger partial charge in [0.1, 0.15) is 5.60 Å². The van der Waals surface area contributed by atoms with Crippen LogP contribution in [0.1, 0.15) is 45.2 Å². The summed E-state index contributed by atoms with van der Waals surface area (Å²) in [6.07, 6.45) is 3.91. The lowest BCUT2D eigenvalue weighted by Crippen LogP contribution is -2.26. The van der Waals surface area contributed by atoms with Crippen LogP contribution in [0.15, 0.2) is 30.5 Å². The highest BCUT2D eigenvalue weighted by atomic mass is 16.6. The van der Waals surface area contributed by atoms with Crippen LogP contribution in [-0.4, -0.2) is 22.8 Å². The molecular weight excluding hydrogens is 264 g/mol. The van der Waals surface area contributed by atoms with Crippen LogP contribution < -0.4 is 5.32 Å². The van der Waals surface area contributed by atoms with E-state index in [1.165, 1.54) is 12.0 Å². The largest absolute Gasteiger partial charge is 0.443 e. The van der Waals surface area contributed by atoms with E-state index in [1.54, 1.807) is 4.57 Å². The third kappa shape index (κ3) is 2.81. The van der Waals surface area contributed by atoms with E-state index in [2.05, 4.69) is 11.4 Å². The van der Waals surface area contributed by atoms with Crippen LogP contribution in [0.25, 0.3) is 10.9 Å². The van der Waals surface area contributed by atoms with Gasteiger partial charge in [0.2, 0.25) is 0 Å². The van der Waals surface area contributed by atoms with E-state index in [0.29, 0.717) is 6.04 Å². The Hall–Kier alpha value is -1.81. The molecule has 1 fully saturated rings. The molecule has 1 aromatic heterocycles. The number of hydrogen-bond acceptors (Lipinski definition) is 3. The van der Waals surface area contributed by atoms with Gasteiger partial charge in [0.25, 0.3) is 0 Å². The molecule has 0 radical (unpaired) electrons. The number of rotatable bonds is 1. The maximum atomic E-state index is 12.4. The van der Waals surface area contributed by atoms with E-state index in [0.717, 1.165) is 23.9 Å². The second kappa shape index (κ2) is 5.19. The van der Waals surface area contributed by atoms with Gasteiger partial charge in [0.05, 0.1) is 5.52 Å². The predicted molar refractivity (Wildman–Crippen MR) is 83.5 cm³/mol. The van der Waals surface area contributed by atoms with Gasteiger partial charge < -0.3 is 10.1 Å². The minimum atomic E-state index is -0.492. The Morgan fingerprint density at radius 1 is 1.33 bits per heavy atom. The molecule has 1 N–H and O–H groups in total. The lowest BCUT2D eigenvalue weighted by Gasteiger charge is -2.19. The summed E-state index contributed by atoms with van der Waals surface area (Å²) < 4.78 is 7.15. The Bertz CT molecular complexity index is 661. The lowest BCUT2D eigenvalue weighted by atomic mass is 10.0. The molecule has 0 aliphatic carbocycles. The second-order valence-electron chi connectivity index (χ2n) is 6.60. The van der Waals surface area contributed by atoms with Crippen LogP contribution in [0.4, 0.5) is 4.79 Å². The first-order chi connectivity index (χ1) is 9.96. The van der Waals surface area contributed by atoms with E-state index in [1.807, 2.05) is 45.2 Å². The van der Waals surface area contributed by atoms with Crippen molar-refractivity contribution in [2.75, 3.05) is 6.54 Å². The Balaban J connectivity index is 2.04. The SMILES string of the molecule is CC(C)(C)OC(=O)n1cc(C2CCCN2)c2ccccc21. The molecular formula is C17H22N2O2. The quantitative estimate of drug-likeness (QED) is 0.866. The number of para-hydroxylation sites is 1. The second-order valence-corrected chi connectivity index (χ2v) is 6.60. The van der Waals surface area contributed by atoms with Gasteiger partial charge in [-0.2, -0.15) is 0 Å². The maximum absolute atomic E-state index is 12.4. The molecule has 1 unspecified atom stereocenters. The van der Waals surface area contributed by atoms with Crippen molar-refractivity contribution in [1.29, 1.82) is 0 Å². The molecule has 1 saturated heterocycles. The van der Waals surface area contributed by atoms with E-state index >= 15 is 0 Å². The van der Waals surface area contributed by atoms with Crippen molar-refractivity contribution in [3.05, 3.63) is 36.0 Å². The lowest BCUT2D eigenvalue weighted by molar-refractivity contribution is 0.0544. The summed E-state index contributed by atoms with van der Waals surface area (Å²) in [6, 6.07) is 8.34. The van der Waals surface area contributed by atoms with Crippen LogP contribution in [0.3, 0.4) is 0 Å². The molecule has 4 nitrogen and oxygen atoms in total. The van der Waals surface area contributed by atoms with Crippen molar-refractivity contribution in [1.82, 2.24) is 9.88 Å². The summed E-state index contributed by atoms with van der Waals surface area (Å²) in [5.41, 5.74) is 1.61. The fraction of sp³-hybridized carbons (Fsp3) is 0.471. The van der Waals surface area contributed by atoms with Gasteiger partial charge in [-0.15, -0.1) is 0 Å². The number of carbonyl (C=O) groups excluding carboxylic acids is 1. The number of nitrogens with zero attached hydrogens (tertiary/aromatic N) is 1. The van der Waals surface area contributed by atoms with E-state index in [9.17, 15) is 4.79 Å². The van der Waals surface area contributed by atoms with Crippen molar-refractivity contribution in [3.63, 3.8) is 0 Å². The molecule has 3 rings (SSSR count). The summed E-state index contributed by atoms with van der Waals surface area (Å²) in [7, 11) is 0. The summed E-state index contributed by atoms with van der Waals surface area (Å²) in [5.74, 6) is 0. The van der Waals surface area contributed by atoms with Crippen LogP contribution in [-0.2, 0) is 4.74 Å². The van der Waals surface area contributed by atoms with Gasteiger partial charge in [0.15, 0.2) is 0 Å². The van der Waals surface area contributed by atoms with E-state index in [-0.39, 0.29) is 6.09 Å². The molecule has 2 aromatic rings. The first-order valence-corrected chi connectivity index (χ1v) is 7.52. The van der Waals surface area contributed by atoms with Crippen molar-refractivity contribution in [3.8, 4) is 0 Å². The minimum absolute atomic E-state index is 0.317. The maximum Gasteiger partial charge on any atom is 0.419 e. The smallest absolute Gasteiger partial charge is 0.419 e. The molecule has 1 aliphatic heterocycles. The van der Waals surface area contributed by atoms with Crippen LogP contribution in [0, 0.1) is 0 Å². The third-order valence-electron chi connectivity index (χ3n) is 3.77. The highest BCUT2D eigenvalue weighted by Gasteiger charge is 2.24. The van der Waals surface area contributed by atoms with Crippen LogP contribution in [0.5, 0.6) is 0 Å². The van der Waals surface area contributed by atoms with Gasteiger partial charge in [0, 0.05) is 17.6 Å².